The molecule has 2 heterocycles. The maximum atomic E-state index is 12.9. The smallest absolute Gasteiger partial charge is 0.266 e. The van der Waals surface area contributed by atoms with Crippen LogP contribution in [-0.4, -0.2) is 15.7 Å². The maximum absolute atomic E-state index is 12.9. The number of thiophene rings is 1. The van der Waals surface area contributed by atoms with Crippen molar-refractivity contribution in [2.45, 2.75) is 13.2 Å². The molecule has 1 amide bonds. The van der Waals surface area contributed by atoms with Crippen molar-refractivity contribution in [1.82, 2.24) is 9.78 Å². The average molecular weight is 476 g/mol. The lowest BCUT2D eigenvalue weighted by Crippen LogP contribution is -2.11. The number of aromatic nitrogens is 2. The van der Waals surface area contributed by atoms with Gasteiger partial charge in [0.2, 0.25) is 0 Å². The first kappa shape index (κ1) is 21.4. The summed E-state index contributed by atoms with van der Waals surface area (Å²) in [6, 6.07) is 14.7. The lowest BCUT2D eigenvalue weighted by Gasteiger charge is -2.04. The van der Waals surface area contributed by atoms with E-state index >= 15 is 0 Å². The van der Waals surface area contributed by atoms with Crippen LogP contribution in [0, 0.1) is 5.82 Å². The van der Waals surface area contributed by atoms with E-state index in [1.165, 1.54) is 23.5 Å². The summed E-state index contributed by atoms with van der Waals surface area (Å²) < 4.78 is 20.3. The molecular formula is C22H16Cl2FN3O2S. The fourth-order valence-electron chi connectivity index (χ4n) is 2.79. The Balaban J connectivity index is 1.33. The van der Waals surface area contributed by atoms with Crippen LogP contribution in [0.15, 0.2) is 66.2 Å². The highest BCUT2D eigenvalue weighted by atomic mass is 35.5. The van der Waals surface area contributed by atoms with E-state index in [9.17, 15) is 9.18 Å². The summed E-state index contributed by atoms with van der Waals surface area (Å²) in [6.45, 7) is 0.782. The third-order valence-electron chi connectivity index (χ3n) is 4.31. The van der Waals surface area contributed by atoms with Gasteiger partial charge in [-0.2, -0.15) is 5.10 Å². The monoisotopic (exact) mass is 475 g/mol. The zero-order valence-electron chi connectivity index (χ0n) is 16.0. The molecule has 0 aliphatic rings. The molecule has 0 bridgehead atoms. The molecule has 0 fully saturated rings. The van der Waals surface area contributed by atoms with Crippen LogP contribution in [0.25, 0.3) is 0 Å². The van der Waals surface area contributed by atoms with Crippen molar-refractivity contribution in [2.24, 2.45) is 0 Å². The third kappa shape index (κ3) is 5.64. The van der Waals surface area contributed by atoms with E-state index < -0.39 is 0 Å². The van der Waals surface area contributed by atoms with Crippen LogP contribution in [0.2, 0.25) is 10.0 Å². The van der Waals surface area contributed by atoms with Crippen LogP contribution < -0.4 is 10.1 Å². The Morgan fingerprint density at radius 2 is 1.87 bits per heavy atom. The van der Waals surface area contributed by atoms with Crippen molar-refractivity contribution in [2.75, 3.05) is 5.32 Å². The zero-order valence-corrected chi connectivity index (χ0v) is 18.3. The molecule has 4 aromatic rings. The van der Waals surface area contributed by atoms with E-state index in [0.29, 0.717) is 33.0 Å². The standard InChI is InChI=1S/C22H16Cl2FN3O2S/c23-18-6-1-14(9-19(18)24)11-28-8-7-21(27-28)26-22(29)20-10-15(13-31-20)12-30-17-4-2-16(25)3-5-17/h1-10,13H,11-12H2,(H,26,27,29). The molecule has 31 heavy (non-hydrogen) atoms. The van der Waals surface area contributed by atoms with E-state index in [1.807, 2.05) is 11.4 Å². The topological polar surface area (TPSA) is 56.2 Å². The SMILES string of the molecule is O=C(Nc1ccn(Cc2ccc(Cl)c(Cl)c2)n1)c1cc(COc2ccc(F)cc2)cs1. The number of amides is 1. The van der Waals surface area contributed by atoms with E-state index in [0.717, 1.165) is 11.1 Å². The Labute approximate surface area is 192 Å². The highest BCUT2D eigenvalue weighted by Gasteiger charge is 2.12. The van der Waals surface area contributed by atoms with E-state index in [1.54, 1.807) is 47.3 Å². The number of nitrogens with one attached hydrogen (secondary N) is 1. The van der Waals surface area contributed by atoms with Gasteiger partial charge in [0, 0.05) is 17.8 Å². The summed E-state index contributed by atoms with van der Waals surface area (Å²) in [6.07, 6.45) is 1.77. The van der Waals surface area contributed by atoms with Crippen molar-refractivity contribution in [3.05, 3.63) is 98.0 Å². The number of ether oxygens (including phenoxy) is 1. The first-order valence-electron chi connectivity index (χ1n) is 9.21. The van der Waals surface area contributed by atoms with Gasteiger partial charge in [-0.15, -0.1) is 11.3 Å². The van der Waals surface area contributed by atoms with Gasteiger partial charge in [0.15, 0.2) is 5.82 Å². The molecule has 0 radical (unpaired) electrons. The normalized spacial score (nSPS) is 10.8. The van der Waals surface area contributed by atoms with Gasteiger partial charge in [0.25, 0.3) is 5.91 Å². The second kappa shape index (κ2) is 9.51. The summed E-state index contributed by atoms with van der Waals surface area (Å²) in [7, 11) is 0. The first-order chi connectivity index (χ1) is 15.0. The quantitative estimate of drug-likeness (QED) is 0.342. The van der Waals surface area contributed by atoms with E-state index in [2.05, 4.69) is 10.4 Å². The molecule has 0 saturated heterocycles. The van der Waals surface area contributed by atoms with Crippen LogP contribution in [-0.2, 0) is 13.2 Å². The number of nitrogens with zero attached hydrogens (tertiary/aromatic N) is 2. The van der Waals surface area contributed by atoms with Gasteiger partial charge in [0.05, 0.1) is 21.5 Å². The molecule has 0 aliphatic carbocycles. The van der Waals surface area contributed by atoms with Crippen LogP contribution in [0.3, 0.4) is 0 Å². The van der Waals surface area contributed by atoms with Crippen LogP contribution in [0.5, 0.6) is 5.75 Å². The molecule has 0 aliphatic heterocycles. The van der Waals surface area contributed by atoms with Crippen LogP contribution >= 0.6 is 34.5 Å². The molecule has 1 N–H and O–H groups in total. The fraction of sp³-hybridized carbons (Fsp3) is 0.0909. The van der Waals surface area contributed by atoms with Crippen LogP contribution in [0.4, 0.5) is 10.2 Å². The van der Waals surface area contributed by atoms with Crippen molar-refractivity contribution >= 4 is 46.3 Å². The van der Waals surface area contributed by atoms with Gasteiger partial charge in [-0.1, -0.05) is 29.3 Å². The summed E-state index contributed by atoms with van der Waals surface area (Å²) >= 11 is 13.3. The Morgan fingerprint density at radius 1 is 1.06 bits per heavy atom. The summed E-state index contributed by atoms with van der Waals surface area (Å²) in [5, 5.41) is 9.99. The van der Waals surface area contributed by atoms with E-state index in [-0.39, 0.29) is 18.3 Å². The molecule has 5 nitrogen and oxygen atoms in total. The second-order valence-corrected chi connectivity index (χ2v) is 8.39. The van der Waals surface area contributed by atoms with Gasteiger partial charge in [-0.25, -0.2) is 4.39 Å². The van der Waals surface area contributed by atoms with Crippen molar-refractivity contribution in [1.29, 1.82) is 0 Å². The minimum absolute atomic E-state index is 0.252. The van der Waals surface area contributed by atoms with Gasteiger partial charge in [0.1, 0.15) is 18.2 Å². The van der Waals surface area contributed by atoms with E-state index in [4.69, 9.17) is 27.9 Å². The Bertz CT molecular complexity index is 1210. The fourth-order valence-corrected chi connectivity index (χ4v) is 3.90. The number of carbonyl (C=O) groups is 1. The molecular weight excluding hydrogens is 460 g/mol. The van der Waals surface area contributed by atoms with Gasteiger partial charge in [-0.05, 0) is 53.4 Å². The number of halogens is 3. The number of hydrogen-bond acceptors (Lipinski definition) is 4. The Hall–Kier alpha value is -2.87. The molecule has 2 aromatic carbocycles. The highest BCUT2D eigenvalue weighted by molar-refractivity contribution is 7.12. The van der Waals surface area contributed by atoms with Crippen molar-refractivity contribution in [3.8, 4) is 5.75 Å². The Kier molecular flexibility index (Phi) is 6.56. The van der Waals surface area contributed by atoms with Crippen molar-refractivity contribution in [3.63, 3.8) is 0 Å². The lowest BCUT2D eigenvalue weighted by atomic mass is 10.2. The second-order valence-electron chi connectivity index (χ2n) is 6.66. The zero-order chi connectivity index (χ0) is 21.8. The predicted molar refractivity (Wildman–Crippen MR) is 121 cm³/mol. The van der Waals surface area contributed by atoms with Gasteiger partial charge in [-0.3, -0.25) is 9.48 Å². The molecule has 158 valence electrons. The first-order valence-corrected chi connectivity index (χ1v) is 10.8. The predicted octanol–water partition coefficient (Wildman–Crippen LogP) is 6.27. The number of hydrogen-bond donors (Lipinski definition) is 1. The summed E-state index contributed by atoms with van der Waals surface area (Å²) in [4.78, 5) is 13.1. The largest absolute Gasteiger partial charge is 0.489 e. The van der Waals surface area contributed by atoms with Crippen LogP contribution in [0.1, 0.15) is 20.8 Å². The average Bonchev–Trinajstić information content (AvgIpc) is 3.40. The number of carbonyl (C=O) groups excluding carboxylic acids is 1. The molecule has 9 heteroatoms. The molecule has 2 aromatic heterocycles. The Morgan fingerprint density at radius 3 is 2.65 bits per heavy atom. The van der Waals surface area contributed by atoms with Crippen molar-refractivity contribution < 1.29 is 13.9 Å². The molecule has 0 atom stereocenters. The third-order valence-corrected chi connectivity index (χ3v) is 6.02. The van der Waals surface area contributed by atoms with Gasteiger partial charge >= 0.3 is 0 Å². The highest BCUT2D eigenvalue weighted by Crippen LogP contribution is 2.23. The summed E-state index contributed by atoms with van der Waals surface area (Å²) in [5.74, 6) is 0.438. The molecule has 0 unspecified atom stereocenters. The lowest BCUT2D eigenvalue weighted by molar-refractivity contribution is 0.103. The number of benzene rings is 2. The number of rotatable bonds is 7. The molecule has 4 rings (SSSR count). The summed E-state index contributed by atoms with van der Waals surface area (Å²) in [5.41, 5.74) is 1.80. The number of anilines is 1. The molecule has 0 spiro atoms. The van der Waals surface area contributed by atoms with Gasteiger partial charge < -0.3 is 10.1 Å². The minimum atomic E-state index is -0.318. The molecule has 0 saturated carbocycles. The minimum Gasteiger partial charge on any atom is -0.489 e. The maximum Gasteiger partial charge on any atom is 0.266 e.